The van der Waals surface area contributed by atoms with Gasteiger partial charge in [0.15, 0.2) is 0 Å². The molecule has 2 unspecified atom stereocenters. The lowest BCUT2D eigenvalue weighted by atomic mass is 10.0. The lowest BCUT2D eigenvalue weighted by Crippen LogP contribution is -2.50. The number of nitrogens with zero attached hydrogens (tertiary/aromatic N) is 6. The summed E-state index contributed by atoms with van der Waals surface area (Å²) in [6, 6.07) is 6.62. The molecule has 0 radical (unpaired) electrons. The van der Waals surface area contributed by atoms with Gasteiger partial charge in [-0.15, -0.1) is 5.11 Å². The predicted octanol–water partition coefficient (Wildman–Crippen LogP) is 2.18. The van der Waals surface area contributed by atoms with Crippen molar-refractivity contribution >= 4 is 16.9 Å². The maximum Gasteiger partial charge on any atom is 0.287 e. The van der Waals surface area contributed by atoms with E-state index in [2.05, 4.69) is 49.1 Å². The van der Waals surface area contributed by atoms with Gasteiger partial charge in [-0.25, -0.2) is 0 Å². The van der Waals surface area contributed by atoms with Crippen LogP contribution >= 0.6 is 0 Å². The second-order valence-electron chi connectivity index (χ2n) is 6.38. The zero-order chi connectivity index (χ0) is 17.2. The number of benzene rings is 1. The fourth-order valence-electron chi connectivity index (χ4n) is 3.39. The van der Waals surface area contributed by atoms with Crippen LogP contribution in [0.4, 0.5) is 0 Å². The Morgan fingerprint density at radius 1 is 1.08 bits per heavy atom. The van der Waals surface area contributed by atoms with Crippen molar-refractivity contribution in [3.05, 3.63) is 48.3 Å². The second-order valence-corrected chi connectivity index (χ2v) is 6.38. The van der Waals surface area contributed by atoms with Crippen molar-refractivity contribution in [3.8, 4) is 0 Å². The van der Waals surface area contributed by atoms with Gasteiger partial charge in [0.25, 0.3) is 5.91 Å². The largest absolute Gasteiger partial charge is 0.294 e. The number of carbonyl (C=O) groups is 1. The van der Waals surface area contributed by atoms with E-state index in [0.717, 1.165) is 37.2 Å². The Morgan fingerprint density at radius 2 is 1.84 bits per heavy atom. The van der Waals surface area contributed by atoms with E-state index in [9.17, 15) is 4.79 Å². The summed E-state index contributed by atoms with van der Waals surface area (Å²) in [6.07, 6.45) is 6.67. The van der Waals surface area contributed by atoms with E-state index in [1.807, 2.05) is 12.1 Å². The standard InChI is InChI=1S/C18H20N6O/c1-13(14-2-3-15-16(12-14)20-7-6-19-15)23-8-10-24(11-9-23)17-4-5-18(25)22-21-17/h2-7,12-13,17H,8-11H2,1H3. The van der Waals surface area contributed by atoms with Crippen molar-refractivity contribution < 1.29 is 4.79 Å². The molecule has 128 valence electrons. The highest BCUT2D eigenvalue weighted by Crippen LogP contribution is 2.24. The smallest absolute Gasteiger partial charge is 0.287 e. The van der Waals surface area contributed by atoms with Crippen molar-refractivity contribution in [3.63, 3.8) is 0 Å². The van der Waals surface area contributed by atoms with Crippen molar-refractivity contribution in [1.82, 2.24) is 19.8 Å². The fraction of sp³-hybridized carbons (Fsp3) is 0.389. The van der Waals surface area contributed by atoms with Crippen LogP contribution in [0.2, 0.25) is 0 Å². The number of aromatic nitrogens is 2. The highest BCUT2D eigenvalue weighted by atomic mass is 16.1. The van der Waals surface area contributed by atoms with Crippen LogP contribution in [-0.2, 0) is 4.79 Å². The molecule has 0 saturated carbocycles. The van der Waals surface area contributed by atoms with Gasteiger partial charge in [-0.05, 0) is 30.7 Å². The molecular weight excluding hydrogens is 316 g/mol. The van der Waals surface area contributed by atoms with Crippen LogP contribution < -0.4 is 0 Å². The predicted molar refractivity (Wildman–Crippen MR) is 93.9 cm³/mol. The van der Waals surface area contributed by atoms with Crippen molar-refractivity contribution in [2.24, 2.45) is 10.2 Å². The molecule has 4 rings (SSSR count). The Balaban J connectivity index is 1.42. The summed E-state index contributed by atoms with van der Waals surface area (Å²) in [5, 5.41) is 7.73. The van der Waals surface area contributed by atoms with Crippen molar-refractivity contribution in [2.75, 3.05) is 26.2 Å². The molecule has 0 spiro atoms. The Labute approximate surface area is 146 Å². The Hall–Kier alpha value is -2.51. The minimum Gasteiger partial charge on any atom is -0.294 e. The number of rotatable bonds is 3. The number of carbonyl (C=O) groups excluding carboxylic acids is 1. The number of hydrogen-bond donors (Lipinski definition) is 0. The summed E-state index contributed by atoms with van der Waals surface area (Å²) in [6.45, 7) is 5.94. The minimum atomic E-state index is -0.275. The number of amides is 1. The molecular formula is C18H20N6O. The molecule has 2 aliphatic rings. The lowest BCUT2D eigenvalue weighted by molar-refractivity contribution is -0.114. The summed E-state index contributed by atoms with van der Waals surface area (Å²) in [5.74, 6) is -0.275. The summed E-state index contributed by atoms with van der Waals surface area (Å²) in [4.78, 5) is 24.5. The quantitative estimate of drug-likeness (QED) is 0.859. The van der Waals surface area contributed by atoms with Crippen LogP contribution in [0.5, 0.6) is 0 Å². The summed E-state index contributed by atoms with van der Waals surface area (Å²) in [7, 11) is 0. The van der Waals surface area contributed by atoms with Gasteiger partial charge in [-0.1, -0.05) is 6.07 Å². The van der Waals surface area contributed by atoms with Crippen LogP contribution in [-0.4, -0.2) is 58.0 Å². The minimum absolute atomic E-state index is 0.105. The van der Waals surface area contributed by atoms with E-state index in [1.54, 1.807) is 12.4 Å². The maximum atomic E-state index is 11.1. The van der Waals surface area contributed by atoms with Gasteiger partial charge < -0.3 is 0 Å². The third kappa shape index (κ3) is 3.33. The first-order valence-corrected chi connectivity index (χ1v) is 8.52. The average molecular weight is 336 g/mol. The van der Waals surface area contributed by atoms with Gasteiger partial charge >= 0.3 is 0 Å². The van der Waals surface area contributed by atoms with E-state index in [-0.39, 0.29) is 12.1 Å². The van der Waals surface area contributed by atoms with Crippen LogP contribution in [0, 0.1) is 0 Å². The number of piperazine rings is 1. The molecule has 3 heterocycles. The van der Waals surface area contributed by atoms with E-state index in [1.165, 1.54) is 11.6 Å². The van der Waals surface area contributed by atoms with Crippen LogP contribution in [0.3, 0.4) is 0 Å². The second kappa shape index (κ2) is 6.78. The molecule has 2 aliphatic heterocycles. The SMILES string of the molecule is CC(c1ccc2nccnc2c1)N1CCN(C2C=CC(=O)N=N2)CC1. The molecule has 2 aromatic rings. The Kier molecular flexibility index (Phi) is 4.33. The fourth-order valence-corrected chi connectivity index (χ4v) is 3.39. The van der Waals surface area contributed by atoms with Gasteiger partial charge in [0, 0.05) is 50.7 Å². The normalized spacial score (nSPS) is 23.2. The van der Waals surface area contributed by atoms with Gasteiger partial charge in [0.2, 0.25) is 0 Å². The molecule has 7 nitrogen and oxygen atoms in total. The molecule has 2 atom stereocenters. The van der Waals surface area contributed by atoms with E-state index in [4.69, 9.17) is 0 Å². The number of fused-ring (bicyclic) bond motifs is 1. The van der Waals surface area contributed by atoms with Gasteiger partial charge in [0.05, 0.1) is 11.0 Å². The molecule has 0 N–H and O–H groups in total. The van der Waals surface area contributed by atoms with E-state index >= 15 is 0 Å². The molecule has 1 saturated heterocycles. The first-order chi connectivity index (χ1) is 12.2. The third-order valence-electron chi connectivity index (χ3n) is 4.93. The van der Waals surface area contributed by atoms with Gasteiger partial charge in [-0.2, -0.15) is 5.11 Å². The van der Waals surface area contributed by atoms with Crippen molar-refractivity contribution in [1.29, 1.82) is 0 Å². The lowest BCUT2D eigenvalue weighted by Gasteiger charge is -2.39. The maximum absolute atomic E-state index is 11.1. The first kappa shape index (κ1) is 16.0. The summed E-state index contributed by atoms with van der Waals surface area (Å²) >= 11 is 0. The van der Waals surface area contributed by atoms with E-state index < -0.39 is 0 Å². The molecule has 25 heavy (non-hydrogen) atoms. The monoisotopic (exact) mass is 336 g/mol. The molecule has 0 bridgehead atoms. The highest BCUT2D eigenvalue weighted by Gasteiger charge is 2.26. The van der Waals surface area contributed by atoms with Crippen LogP contribution in [0.1, 0.15) is 18.5 Å². The third-order valence-corrected chi connectivity index (χ3v) is 4.93. The zero-order valence-corrected chi connectivity index (χ0v) is 14.1. The number of hydrogen-bond acceptors (Lipinski definition) is 6. The number of azo groups is 1. The highest BCUT2D eigenvalue weighted by molar-refractivity contribution is 5.88. The molecule has 1 fully saturated rings. The van der Waals surface area contributed by atoms with Gasteiger partial charge in [0.1, 0.15) is 6.17 Å². The zero-order valence-electron chi connectivity index (χ0n) is 14.1. The molecule has 1 aromatic heterocycles. The Bertz CT molecular complexity index is 824. The summed E-state index contributed by atoms with van der Waals surface area (Å²) < 4.78 is 0. The van der Waals surface area contributed by atoms with Crippen molar-refractivity contribution in [2.45, 2.75) is 19.1 Å². The van der Waals surface area contributed by atoms with Crippen LogP contribution in [0.15, 0.2) is 53.0 Å². The summed E-state index contributed by atoms with van der Waals surface area (Å²) in [5.41, 5.74) is 3.11. The molecule has 1 aromatic carbocycles. The van der Waals surface area contributed by atoms with Gasteiger partial charge in [-0.3, -0.25) is 24.6 Å². The average Bonchev–Trinajstić information content (AvgIpc) is 2.68. The van der Waals surface area contributed by atoms with Crippen LogP contribution in [0.25, 0.3) is 11.0 Å². The van der Waals surface area contributed by atoms with E-state index in [0.29, 0.717) is 6.04 Å². The first-order valence-electron chi connectivity index (χ1n) is 8.52. The topological polar surface area (TPSA) is 74.1 Å². The Morgan fingerprint density at radius 3 is 2.56 bits per heavy atom. The molecule has 0 aliphatic carbocycles. The molecule has 1 amide bonds. The molecule has 7 heteroatoms.